The van der Waals surface area contributed by atoms with Crippen LogP contribution in [0, 0.1) is 5.92 Å². The van der Waals surface area contributed by atoms with Gasteiger partial charge in [-0.1, -0.05) is 6.92 Å². The van der Waals surface area contributed by atoms with Gasteiger partial charge in [-0.05, 0) is 13.3 Å². The minimum absolute atomic E-state index is 0.0981. The van der Waals surface area contributed by atoms with Gasteiger partial charge in [-0.25, -0.2) is 0 Å². The summed E-state index contributed by atoms with van der Waals surface area (Å²) in [6.07, 6.45) is -0.103. The molecule has 1 N–H and O–H groups in total. The van der Waals surface area contributed by atoms with Crippen molar-refractivity contribution in [3.8, 4) is 0 Å². The lowest BCUT2D eigenvalue weighted by molar-refractivity contribution is -0.121. The topological polar surface area (TPSA) is 55.8 Å². The molecule has 0 fully saturated rings. The molecule has 0 aromatic heterocycles. The Kier molecular flexibility index (Phi) is 7.65. The van der Waals surface area contributed by atoms with E-state index in [0.29, 0.717) is 19.6 Å². The van der Waals surface area contributed by atoms with E-state index in [4.69, 9.17) is 9.47 Å². The van der Waals surface area contributed by atoms with Gasteiger partial charge >= 0.3 is 0 Å². The van der Waals surface area contributed by atoms with E-state index in [1.807, 2.05) is 0 Å². The van der Waals surface area contributed by atoms with Crippen molar-refractivity contribution in [1.82, 2.24) is 0 Å². The Morgan fingerprint density at radius 1 is 1.43 bits per heavy atom. The van der Waals surface area contributed by atoms with Crippen LogP contribution in [0.3, 0.4) is 0 Å². The molecule has 84 valence electrons. The molecule has 2 atom stereocenters. The average Bonchev–Trinajstić information content (AvgIpc) is 2.12. The lowest BCUT2D eigenvalue weighted by Crippen LogP contribution is -2.22. The van der Waals surface area contributed by atoms with Gasteiger partial charge in [0, 0.05) is 13.0 Å². The van der Waals surface area contributed by atoms with Gasteiger partial charge in [0.1, 0.15) is 5.78 Å². The molecule has 0 rings (SSSR count). The number of aliphatic hydroxyl groups excluding tert-OH is 1. The summed E-state index contributed by atoms with van der Waals surface area (Å²) in [5, 5.41) is 9.45. The molecule has 0 bridgehead atoms. The number of hydrogen-bond donors (Lipinski definition) is 1. The standard InChI is InChI=1S/C10H20O4/c1-8(9(2)11)6-10(12)7-14-5-4-13-3/h8,10,12H,4-7H2,1-3H3. The highest BCUT2D eigenvalue weighted by Gasteiger charge is 2.13. The maximum atomic E-state index is 10.9. The summed E-state index contributed by atoms with van der Waals surface area (Å²) in [4.78, 5) is 10.9. The maximum absolute atomic E-state index is 10.9. The van der Waals surface area contributed by atoms with Crippen LogP contribution in [0.15, 0.2) is 0 Å². The molecule has 0 heterocycles. The van der Waals surface area contributed by atoms with E-state index in [1.54, 1.807) is 14.0 Å². The molecular formula is C10H20O4. The third kappa shape index (κ3) is 7.00. The van der Waals surface area contributed by atoms with Crippen molar-refractivity contribution in [2.75, 3.05) is 26.9 Å². The van der Waals surface area contributed by atoms with Crippen molar-refractivity contribution >= 4 is 5.78 Å². The monoisotopic (exact) mass is 204 g/mol. The lowest BCUT2D eigenvalue weighted by atomic mass is 10.0. The number of carbonyl (C=O) groups is 1. The summed E-state index contributed by atoms with van der Waals surface area (Å²) in [7, 11) is 1.59. The first-order chi connectivity index (χ1) is 6.57. The van der Waals surface area contributed by atoms with Crippen molar-refractivity contribution in [1.29, 1.82) is 0 Å². The fourth-order valence-electron chi connectivity index (χ4n) is 1.00. The fraction of sp³-hybridized carbons (Fsp3) is 0.900. The van der Waals surface area contributed by atoms with Crippen LogP contribution in [0.4, 0.5) is 0 Å². The molecule has 2 unspecified atom stereocenters. The van der Waals surface area contributed by atoms with Gasteiger partial charge in [0.2, 0.25) is 0 Å². The zero-order chi connectivity index (χ0) is 11.0. The molecule has 14 heavy (non-hydrogen) atoms. The first kappa shape index (κ1) is 13.5. The van der Waals surface area contributed by atoms with Gasteiger partial charge in [-0.2, -0.15) is 0 Å². The van der Waals surface area contributed by atoms with Crippen LogP contribution in [0.25, 0.3) is 0 Å². The van der Waals surface area contributed by atoms with E-state index in [-0.39, 0.29) is 18.3 Å². The highest BCUT2D eigenvalue weighted by atomic mass is 16.5. The zero-order valence-electron chi connectivity index (χ0n) is 9.16. The summed E-state index contributed by atoms with van der Waals surface area (Å²) in [6, 6.07) is 0. The second-order valence-electron chi connectivity index (χ2n) is 3.47. The molecular weight excluding hydrogens is 184 g/mol. The first-order valence-electron chi connectivity index (χ1n) is 4.83. The van der Waals surface area contributed by atoms with Crippen molar-refractivity contribution in [3.63, 3.8) is 0 Å². The molecule has 4 heteroatoms. The van der Waals surface area contributed by atoms with Gasteiger partial charge < -0.3 is 14.6 Å². The van der Waals surface area contributed by atoms with Crippen molar-refractivity contribution < 1.29 is 19.4 Å². The first-order valence-corrected chi connectivity index (χ1v) is 4.83. The summed E-state index contributed by atoms with van der Waals surface area (Å²) in [6.45, 7) is 4.60. The van der Waals surface area contributed by atoms with E-state index in [9.17, 15) is 9.90 Å². The molecule has 0 radical (unpaired) electrons. The number of ether oxygens (including phenoxy) is 2. The van der Waals surface area contributed by atoms with Crippen LogP contribution in [0.1, 0.15) is 20.3 Å². The minimum atomic E-state index is -0.564. The number of methoxy groups -OCH3 is 1. The summed E-state index contributed by atoms with van der Waals surface area (Å²) in [5.74, 6) is -0.00281. The number of hydrogen-bond acceptors (Lipinski definition) is 4. The van der Waals surface area contributed by atoms with E-state index in [1.165, 1.54) is 6.92 Å². The normalized spacial score (nSPS) is 15.1. The summed E-state index contributed by atoms with van der Waals surface area (Å²) >= 11 is 0. The van der Waals surface area contributed by atoms with Crippen LogP contribution in [0.5, 0.6) is 0 Å². The van der Waals surface area contributed by atoms with Crippen molar-refractivity contribution in [2.24, 2.45) is 5.92 Å². The van der Waals surface area contributed by atoms with Gasteiger partial charge in [-0.15, -0.1) is 0 Å². The van der Waals surface area contributed by atoms with Gasteiger partial charge in [0.05, 0.1) is 25.9 Å². The van der Waals surface area contributed by atoms with E-state index >= 15 is 0 Å². The smallest absolute Gasteiger partial charge is 0.132 e. The Bertz CT molecular complexity index is 158. The molecule has 0 aliphatic carbocycles. The van der Waals surface area contributed by atoms with Crippen LogP contribution in [-0.4, -0.2) is 43.9 Å². The predicted octanol–water partition coefficient (Wildman–Crippen LogP) is 0.625. The largest absolute Gasteiger partial charge is 0.391 e. The Morgan fingerprint density at radius 2 is 2.07 bits per heavy atom. The molecule has 0 aromatic rings. The van der Waals surface area contributed by atoms with Crippen LogP contribution < -0.4 is 0 Å². The lowest BCUT2D eigenvalue weighted by Gasteiger charge is -2.14. The fourth-order valence-corrected chi connectivity index (χ4v) is 1.00. The molecule has 0 aromatic carbocycles. The van der Waals surface area contributed by atoms with E-state index in [2.05, 4.69) is 0 Å². The van der Waals surface area contributed by atoms with Gasteiger partial charge in [0.25, 0.3) is 0 Å². The van der Waals surface area contributed by atoms with Crippen LogP contribution in [0.2, 0.25) is 0 Å². The number of ketones is 1. The number of aliphatic hydroxyl groups is 1. The molecule has 0 saturated heterocycles. The molecule has 0 saturated carbocycles. The average molecular weight is 204 g/mol. The van der Waals surface area contributed by atoms with Gasteiger partial charge in [-0.3, -0.25) is 4.79 Å². The van der Waals surface area contributed by atoms with E-state index in [0.717, 1.165) is 0 Å². The van der Waals surface area contributed by atoms with Gasteiger partial charge in [0.15, 0.2) is 0 Å². The minimum Gasteiger partial charge on any atom is -0.391 e. The van der Waals surface area contributed by atoms with E-state index < -0.39 is 6.10 Å². The quantitative estimate of drug-likeness (QED) is 0.589. The maximum Gasteiger partial charge on any atom is 0.132 e. The molecule has 0 amide bonds. The highest BCUT2D eigenvalue weighted by molar-refractivity contribution is 5.77. The summed E-state index contributed by atoms with van der Waals surface area (Å²) < 4.78 is 9.91. The predicted molar refractivity (Wildman–Crippen MR) is 53.2 cm³/mol. The number of carbonyl (C=O) groups excluding carboxylic acids is 1. The Morgan fingerprint density at radius 3 is 2.57 bits per heavy atom. The molecule has 0 spiro atoms. The third-order valence-corrected chi connectivity index (χ3v) is 2.06. The van der Waals surface area contributed by atoms with Crippen molar-refractivity contribution in [3.05, 3.63) is 0 Å². The number of rotatable bonds is 8. The second-order valence-corrected chi connectivity index (χ2v) is 3.47. The van der Waals surface area contributed by atoms with Crippen LogP contribution in [-0.2, 0) is 14.3 Å². The third-order valence-electron chi connectivity index (χ3n) is 2.06. The number of Topliss-reactive ketones (excluding diaryl/α,β-unsaturated/α-hetero) is 1. The van der Waals surface area contributed by atoms with Crippen LogP contribution >= 0.6 is 0 Å². The zero-order valence-corrected chi connectivity index (χ0v) is 9.16. The Labute approximate surface area is 85.2 Å². The Hall–Kier alpha value is -0.450. The highest BCUT2D eigenvalue weighted by Crippen LogP contribution is 2.07. The molecule has 0 aliphatic rings. The Balaban J connectivity index is 3.45. The molecule has 0 aliphatic heterocycles. The van der Waals surface area contributed by atoms with Crippen molar-refractivity contribution in [2.45, 2.75) is 26.4 Å². The second kappa shape index (κ2) is 7.91. The summed E-state index contributed by atoms with van der Waals surface area (Å²) in [5.41, 5.74) is 0. The molecule has 4 nitrogen and oxygen atoms in total. The SMILES string of the molecule is COCCOCC(O)CC(C)C(C)=O.